The van der Waals surface area contributed by atoms with Crippen molar-refractivity contribution in [2.24, 2.45) is 5.92 Å². The van der Waals surface area contributed by atoms with E-state index in [0.717, 1.165) is 0 Å². The summed E-state index contributed by atoms with van der Waals surface area (Å²) in [6.07, 6.45) is 1.21. The van der Waals surface area contributed by atoms with Crippen LogP contribution in [0.5, 0.6) is 0 Å². The van der Waals surface area contributed by atoms with Gasteiger partial charge in [-0.05, 0) is 18.8 Å². The largest absolute Gasteiger partial charge is 0.480 e. The number of aliphatic carboxylic acids is 1. The van der Waals surface area contributed by atoms with E-state index in [1.807, 2.05) is 13.8 Å². The van der Waals surface area contributed by atoms with Gasteiger partial charge in [0.25, 0.3) is 0 Å². The van der Waals surface area contributed by atoms with Gasteiger partial charge in [0, 0.05) is 19.6 Å². The van der Waals surface area contributed by atoms with Crippen molar-refractivity contribution < 1.29 is 19.5 Å². The lowest BCUT2D eigenvalue weighted by atomic mass is 10.0. The fraction of sp³-hybridized carbons (Fsp3) is 0.769. The zero-order chi connectivity index (χ0) is 14.9. The molecule has 0 aliphatic carbocycles. The summed E-state index contributed by atoms with van der Waals surface area (Å²) < 4.78 is 0. The molecule has 2 N–H and O–H groups in total. The van der Waals surface area contributed by atoms with E-state index in [2.05, 4.69) is 5.32 Å². The molecule has 2 aliphatic heterocycles. The third-order valence-electron chi connectivity index (χ3n) is 4.16. The average molecular weight is 283 g/mol. The molecule has 0 saturated carbocycles. The van der Waals surface area contributed by atoms with Crippen LogP contribution in [0.2, 0.25) is 0 Å². The van der Waals surface area contributed by atoms with Crippen LogP contribution < -0.4 is 5.32 Å². The molecule has 0 aromatic rings. The number of carbonyl (C=O) groups excluding carboxylic acids is 2. The van der Waals surface area contributed by atoms with E-state index in [1.54, 1.807) is 0 Å². The zero-order valence-electron chi connectivity index (χ0n) is 11.8. The number of hydrogen-bond acceptors (Lipinski definition) is 3. The number of carboxylic acid groups (broad SMARTS) is 1. The molecule has 2 saturated heterocycles. The highest BCUT2D eigenvalue weighted by Crippen LogP contribution is 2.26. The van der Waals surface area contributed by atoms with Crippen LogP contribution in [0.1, 0.15) is 26.7 Å². The van der Waals surface area contributed by atoms with Crippen molar-refractivity contribution in [3.05, 3.63) is 0 Å². The van der Waals surface area contributed by atoms with Gasteiger partial charge in [-0.3, -0.25) is 4.79 Å². The highest BCUT2D eigenvalue weighted by atomic mass is 16.4. The second kappa shape index (κ2) is 5.68. The van der Waals surface area contributed by atoms with Crippen molar-refractivity contribution in [2.45, 2.75) is 38.8 Å². The Labute approximate surface area is 117 Å². The smallest absolute Gasteiger partial charge is 0.326 e. The number of carbonyl (C=O) groups is 3. The second-order valence-electron chi connectivity index (χ2n) is 5.43. The predicted octanol–water partition coefficient (Wildman–Crippen LogP) is 0.112. The van der Waals surface area contributed by atoms with Gasteiger partial charge in [-0.2, -0.15) is 0 Å². The van der Waals surface area contributed by atoms with Gasteiger partial charge in [0.15, 0.2) is 0 Å². The first-order chi connectivity index (χ1) is 9.47. The number of rotatable bonds is 2. The molecule has 0 aromatic carbocycles. The third-order valence-corrected chi connectivity index (χ3v) is 4.16. The molecule has 2 fully saturated rings. The first-order valence-electron chi connectivity index (χ1n) is 7.05. The van der Waals surface area contributed by atoms with E-state index in [-0.39, 0.29) is 17.9 Å². The number of nitrogens with zero attached hydrogens (tertiary/aromatic N) is 2. The van der Waals surface area contributed by atoms with Crippen LogP contribution >= 0.6 is 0 Å². The van der Waals surface area contributed by atoms with Crippen LogP contribution in [-0.2, 0) is 9.59 Å². The lowest BCUT2D eigenvalue weighted by Gasteiger charge is -2.38. The van der Waals surface area contributed by atoms with Crippen LogP contribution in [0.25, 0.3) is 0 Å². The Balaban J connectivity index is 2.17. The summed E-state index contributed by atoms with van der Waals surface area (Å²) in [6, 6.07) is -1.62. The number of likely N-dealkylation sites (tertiary alicyclic amines) is 1. The molecule has 20 heavy (non-hydrogen) atoms. The summed E-state index contributed by atoms with van der Waals surface area (Å²) >= 11 is 0. The molecule has 2 heterocycles. The molecular weight excluding hydrogens is 262 g/mol. The topological polar surface area (TPSA) is 90.0 Å². The van der Waals surface area contributed by atoms with E-state index >= 15 is 0 Å². The minimum absolute atomic E-state index is 0.0601. The minimum Gasteiger partial charge on any atom is -0.480 e. The summed E-state index contributed by atoms with van der Waals surface area (Å²) in [5, 5.41) is 12.0. The fourth-order valence-electron chi connectivity index (χ4n) is 3.05. The van der Waals surface area contributed by atoms with E-state index in [1.165, 1.54) is 9.80 Å². The monoisotopic (exact) mass is 283 g/mol. The van der Waals surface area contributed by atoms with Gasteiger partial charge in [-0.1, -0.05) is 13.8 Å². The van der Waals surface area contributed by atoms with Crippen LogP contribution in [-0.4, -0.2) is 64.5 Å². The van der Waals surface area contributed by atoms with Gasteiger partial charge in [0.05, 0.1) is 0 Å². The summed E-state index contributed by atoms with van der Waals surface area (Å²) in [7, 11) is 0. The van der Waals surface area contributed by atoms with E-state index in [4.69, 9.17) is 0 Å². The molecule has 3 amide bonds. The molecule has 0 bridgehead atoms. The summed E-state index contributed by atoms with van der Waals surface area (Å²) in [4.78, 5) is 38.6. The van der Waals surface area contributed by atoms with Crippen molar-refractivity contribution in [1.29, 1.82) is 0 Å². The lowest BCUT2D eigenvalue weighted by molar-refractivity contribution is -0.142. The molecule has 2 aliphatic rings. The van der Waals surface area contributed by atoms with Crippen molar-refractivity contribution in [2.75, 3.05) is 19.6 Å². The van der Waals surface area contributed by atoms with Crippen molar-refractivity contribution >= 4 is 17.9 Å². The molecule has 0 radical (unpaired) electrons. The predicted molar refractivity (Wildman–Crippen MR) is 71.1 cm³/mol. The van der Waals surface area contributed by atoms with Gasteiger partial charge in [-0.15, -0.1) is 0 Å². The summed E-state index contributed by atoms with van der Waals surface area (Å²) in [6.45, 7) is 4.97. The van der Waals surface area contributed by atoms with Crippen LogP contribution in [0, 0.1) is 5.92 Å². The van der Waals surface area contributed by atoms with Crippen molar-refractivity contribution in [3.8, 4) is 0 Å². The quantitative estimate of drug-likeness (QED) is 0.752. The maximum atomic E-state index is 12.6. The minimum atomic E-state index is -0.974. The molecule has 7 heteroatoms. The number of carboxylic acids is 1. The molecule has 0 spiro atoms. The number of piperazine rings is 1. The Kier molecular flexibility index (Phi) is 4.15. The molecule has 3 unspecified atom stereocenters. The van der Waals surface area contributed by atoms with E-state index < -0.39 is 18.1 Å². The Bertz CT molecular complexity index is 420. The van der Waals surface area contributed by atoms with Crippen molar-refractivity contribution in [3.63, 3.8) is 0 Å². The first kappa shape index (κ1) is 14.6. The molecular formula is C13H21N3O4. The average Bonchev–Trinajstić information content (AvgIpc) is 2.79. The second-order valence-corrected chi connectivity index (χ2v) is 5.43. The zero-order valence-corrected chi connectivity index (χ0v) is 11.8. The maximum absolute atomic E-state index is 12.6. The van der Waals surface area contributed by atoms with Gasteiger partial charge < -0.3 is 20.2 Å². The number of urea groups is 1. The maximum Gasteiger partial charge on any atom is 0.326 e. The Morgan fingerprint density at radius 3 is 2.65 bits per heavy atom. The fourth-order valence-corrected chi connectivity index (χ4v) is 3.05. The van der Waals surface area contributed by atoms with Gasteiger partial charge in [0.2, 0.25) is 5.91 Å². The number of nitrogens with one attached hydrogen (secondary N) is 1. The third kappa shape index (κ3) is 2.44. The molecule has 2 rings (SSSR count). The molecule has 7 nitrogen and oxygen atoms in total. The van der Waals surface area contributed by atoms with Crippen LogP contribution in [0.15, 0.2) is 0 Å². The lowest BCUT2D eigenvalue weighted by Crippen LogP contribution is -2.61. The Hall–Kier alpha value is -1.79. The van der Waals surface area contributed by atoms with Crippen LogP contribution in [0.3, 0.4) is 0 Å². The number of amides is 3. The van der Waals surface area contributed by atoms with E-state index in [9.17, 15) is 19.5 Å². The number of hydrogen-bond donors (Lipinski definition) is 2. The van der Waals surface area contributed by atoms with E-state index in [0.29, 0.717) is 32.5 Å². The van der Waals surface area contributed by atoms with Crippen LogP contribution in [0.4, 0.5) is 4.79 Å². The van der Waals surface area contributed by atoms with Crippen molar-refractivity contribution in [1.82, 2.24) is 15.1 Å². The SMILES string of the molecule is CCC1C(=O)NCCN1C(=O)N1CCC(C)C1C(=O)O. The molecule has 0 aromatic heterocycles. The molecule has 3 atom stereocenters. The van der Waals surface area contributed by atoms with Gasteiger partial charge in [0.1, 0.15) is 12.1 Å². The Morgan fingerprint density at radius 2 is 2.05 bits per heavy atom. The van der Waals surface area contributed by atoms with Gasteiger partial charge >= 0.3 is 12.0 Å². The summed E-state index contributed by atoms with van der Waals surface area (Å²) in [5.74, 6) is -1.20. The Morgan fingerprint density at radius 1 is 1.35 bits per heavy atom. The normalized spacial score (nSPS) is 30.3. The molecule has 112 valence electrons. The summed E-state index contributed by atoms with van der Waals surface area (Å²) in [5.41, 5.74) is 0. The highest BCUT2D eigenvalue weighted by molar-refractivity contribution is 5.90. The highest BCUT2D eigenvalue weighted by Gasteiger charge is 2.43. The van der Waals surface area contributed by atoms with Gasteiger partial charge in [-0.25, -0.2) is 9.59 Å². The first-order valence-corrected chi connectivity index (χ1v) is 7.05. The standard InChI is InChI=1S/C13H21N3O4/c1-3-9-11(17)14-5-7-15(9)13(20)16-6-4-8(2)10(16)12(18)19/h8-10H,3-7H2,1-2H3,(H,14,17)(H,18,19).